The van der Waals surface area contributed by atoms with Gasteiger partial charge < -0.3 is 9.47 Å². The van der Waals surface area contributed by atoms with Gasteiger partial charge in [-0.2, -0.15) is 0 Å². The Morgan fingerprint density at radius 1 is 1.08 bits per heavy atom. The van der Waals surface area contributed by atoms with E-state index < -0.39 is 0 Å². The lowest BCUT2D eigenvalue weighted by atomic mass is 9.94. The van der Waals surface area contributed by atoms with Crippen molar-refractivity contribution in [2.75, 3.05) is 6.61 Å². The van der Waals surface area contributed by atoms with E-state index in [1.165, 1.54) is 19.3 Å². The average molecular weight is 168 g/mol. The Hall–Kier alpha value is -0.500. The van der Waals surface area contributed by atoms with Gasteiger partial charge in [0.05, 0.1) is 12.9 Å². The molecular weight excluding hydrogens is 152 g/mol. The fraction of sp³-hybridized carbons (Fsp3) is 0.800. The predicted molar refractivity (Wildman–Crippen MR) is 46.6 cm³/mol. The number of rotatable bonds is 0. The quantitative estimate of drug-likeness (QED) is 0.553. The van der Waals surface area contributed by atoms with E-state index in [0.717, 1.165) is 25.9 Å². The Balaban J connectivity index is 2.01. The van der Waals surface area contributed by atoms with Crippen LogP contribution >= 0.6 is 0 Å². The van der Waals surface area contributed by atoms with Gasteiger partial charge in [-0.3, -0.25) is 0 Å². The van der Waals surface area contributed by atoms with Crippen LogP contribution in [-0.2, 0) is 9.47 Å². The van der Waals surface area contributed by atoms with E-state index in [1.807, 2.05) is 12.3 Å². The highest BCUT2D eigenvalue weighted by Crippen LogP contribution is 2.34. The fourth-order valence-electron chi connectivity index (χ4n) is 1.94. The first-order chi connectivity index (χ1) is 5.91. The summed E-state index contributed by atoms with van der Waals surface area (Å²) in [5, 5.41) is 0. The van der Waals surface area contributed by atoms with Gasteiger partial charge in [-0.05, 0) is 25.3 Å². The van der Waals surface area contributed by atoms with Gasteiger partial charge >= 0.3 is 0 Å². The molecule has 68 valence electrons. The Morgan fingerprint density at radius 3 is 2.75 bits per heavy atom. The van der Waals surface area contributed by atoms with Crippen LogP contribution in [0.1, 0.15) is 38.5 Å². The second kappa shape index (κ2) is 3.48. The summed E-state index contributed by atoms with van der Waals surface area (Å²) >= 11 is 0. The molecule has 1 heterocycles. The van der Waals surface area contributed by atoms with Crippen molar-refractivity contribution in [2.45, 2.75) is 44.3 Å². The molecule has 1 aliphatic heterocycles. The highest BCUT2D eigenvalue weighted by Gasteiger charge is 2.34. The summed E-state index contributed by atoms with van der Waals surface area (Å²) in [6.07, 6.45) is 10.8. The Labute approximate surface area is 73.5 Å². The summed E-state index contributed by atoms with van der Waals surface area (Å²) in [7, 11) is 0. The van der Waals surface area contributed by atoms with Gasteiger partial charge in [-0.25, -0.2) is 0 Å². The van der Waals surface area contributed by atoms with Crippen molar-refractivity contribution >= 4 is 0 Å². The number of hydrogen-bond donors (Lipinski definition) is 0. The molecule has 0 amide bonds. The zero-order valence-corrected chi connectivity index (χ0v) is 7.42. The molecule has 0 radical (unpaired) electrons. The van der Waals surface area contributed by atoms with Gasteiger partial charge in [0.15, 0.2) is 0 Å². The maximum atomic E-state index is 5.75. The first kappa shape index (κ1) is 8.11. The van der Waals surface area contributed by atoms with Crippen LogP contribution in [-0.4, -0.2) is 12.4 Å². The highest BCUT2D eigenvalue weighted by molar-refractivity contribution is 4.84. The van der Waals surface area contributed by atoms with E-state index in [2.05, 4.69) is 0 Å². The van der Waals surface area contributed by atoms with Crippen LogP contribution < -0.4 is 0 Å². The largest absolute Gasteiger partial charge is 0.470 e. The topological polar surface area (TPSA) is 18.5 Å². The SMILES string of the molecule is C1=COC2(CCCCC2)OCC1. The Morgan fingerprint density at radius 2 is 1.92 bits per heavy atom. The zero-order chi connectivity index (χ0) is 8.28. The lowest BCUT2D eigenvalue weighted by Gasteiger charge is -2.35. The first-order valence-corrected chi connectivity index (χ1v) is 4.88. The minimum atomic E-state index is -0.245. The molecule has 12 heavy (non-hydrogen) atoms. The van der Waals surface area contributed by atoms with Gasteiger partial charge in [0.2, 0.25) is 5.79 Å². The third-order valence-electron chi connectivity index (χ3n) is 2.64. The molecule has 0 aromatic rings. The normalized spacial score (nSPS) is 28.0. The summed E-state index contributed by atoms with van der Waals surface area (Å²) in [5.41, 5.74) is 0. The standard InChI is InChI=1S/C10H16O2/c1-2-6-10(7-3-1)11-8-4-5-9-12-10/h4,8H,1-3,5-7,9H2. The molecule has 2 nitrogen and oxygen atoms in total. The molecule has 0 bridgehead atoms. The molecule has 0 unspecified atom stereocenters. The predicted octanol–water partition coefficient (Wildman–Crippen LogP) is 2.60. The molecule has 2 heteroatoms. The second-order valence-corrected chi connectivity index (χ2v) is 3.60. The van der Waals surface area contributed by atoms with Crippen molar-refractivity contribution in [3.05, 3.63) is 12.3 Å². The van der Waals surface area contributed by atoms with Crippen molar-refractivity contribution in [3.8, 4) is 0 Å². The van der Waals surface area contributed by atoms with Crippen LogP contribution in [0.3, 0.4) is 0 Å². The lowest BCUT2D eigenvalue weighted by molar-refractivity contribution is -0.219. The zero-order valence-electron chi connectivity index (χ0n) is 7.42. The molecule has 2 aliphatic rings. The van der Waals surface area contributed by atoms with E-state index in [0.29, 0.717) is 0 Å². The van der Waals surface area contributed by atoms with E-state index in [9.17, 15) is 0 Å². The molecule has 1 aliphatic carbocycles. The van der Waals surface area contributed by atoms with Crippen LogP contribution in [0.15, 0.2) is 12.3 Å². The van der Waals surface area contributed by atoms with E-state index in [-0.39, 0.29) is 5.79 Å². The minimum Gasteiger partial charge on any atom is -0.470 e. The molecular formula is C10H16O2. The molecule has 0 aromatic heterocycles. The van der Waals surface area contributed by atoms with Crippen LogP contribution in [0, 0.1) is 0 Å². The van der Waals surface area contributed by atoms with Crippen LogP contribution in [0.2, 0.25) is 0 Å². The Bertz CT molecular complexity index is 169. The lowest BCUT2D eigenvalue weighted by Crippen LogP contribution is -2.36. The maximum Gasteiger partial charge on any atom is 0.209 e. The van der Waals surface area contributed by atoms with Crippen molar-refractivity contribution in [3.63, 3.8) is 0 Å². The smallest absolute Gasteiger partial charge is 0.209 e. The van der Waals surface area contributed by atoms with Crippen molar-refractivity contribution in [1.29, 1.82) is 0 Å². The van der Waals surface area contributed by atoms with E-state index in [1.54, 1.807) is 0 Å². The molecule has 0 saturated heterocycles. The van der Waals surface area contributed by atoms with Crippen LogP contribution in [0.5, 0.6) is 0 Å². The van der Waals surface area contributed by atoms with Crippen molar-refractivity contribution in [2.24, 2.45) is 0 Å². The van der Waals surface area contributed by atoms with Gasteiger partial charge in [0, 0.05) is 12.8 Å². The number of hydrogen-bond acceptors (Lipinski definition) is 2. The molecule has 1 saturated carbocycles. The first-order valence-electron chi connectivity index (χ1n) is 4.88. The Kier molecular flexibility index (Phi) is 2.35. The van der Waals surface area contributed by atoms with Gasteiger partial charge in [0.1, 0.15) is 0 Å². The molecule has 0 N–H and O–H groups in total. The summed E-state index contributed by atoms with van der Waals surface area (Å²) in [6, 6.07) is 0. The van der Waals surface area contributed by atoms with Gasteiger partial charge in [-0.15, -0.1) is 0 Å². The van der Waals surface area contributed by atoms with Gasteiger partial charge in [-0.1, -0.05) is 6.42 Å². The van der Waals surface area contributed by atoms with Crippen molar-refractivity contribution < 1.29 is 9.47 Å². The monoisotopic (exact) mass is 168 g/mol. The van der Waals surface area contributed by atoms with Gasteiger partial charge in [0.25, 0.3) is 0 Å². The highest BCUT2D eigenvalue weighted by atomic mass is 16.7. The summed E-state index contributed by atoms with van der Waals surface area (Å²) in [5.74, 6) is -0.245. The maximum absolute atomic E-state index is 5.75. The van der Waals surface area contributed by atoms with E-state index in [4.69, 9.17) is 9.47 Å². The third-order valence-corrected chi connectivity index (χ3v) is 2.64. The second-order valence-electron chi connectivity index (χ2n) is 3.60. The summed E-state index contributed by atoms with van der Waals surface area (Å²) in [4.78, 5) is 0. The average Bonchev–Trinajstić information content (AvgIpc) is 2.33. The van der Waals surface area contributed by atoms with E-state index >= 15 is 0 Å². The molecule has 1 fully saturated rings. The fourth-order valence-corrected chi connectivity index (χ4v) is 1.94. The molecule has 1 spiro atoms. The summed E-state index contributed by atoms with van der Waals surface area (Å²) in [6.45, 7) is 0.816. The van der Waals surface area contributed by atoms with Crippen molar-refractivity contribution in [1.82, 2.24) is 0 Å². The van der Waals surface area contributed by atoms with Crippen LogP contribution in [0.25, 0.3) is 0 Å². The molecule has 2 rings (SSSR count). The summed E-state index contributed by atoms with van der Waals surface area (Å²) < 4.78 is 11.4. The minimum absolute atomic E-state index is 0.245. The molecule has 0 aromatic carbocycles. The third kappa shape index (κ3) is 1.63. The molecule has 0 atom stereocenters. The number of ether oxygens (including phenoxy) is 2. The van der Waals surface area contributed by atoms with Crippen LogP contribution in [0.4, 0.5) is 0 Å².